The Balaban J connectivity index is 1.75. The molecular formula is C19H37NO2. The molecule has 0 radical (unpaired) electrons. The van der Waals surface area contributed by atoms with Gasteiger partial charge in [0.25, 0.3) is 0 Å². The summed E-state index contributed by atoms with van der Waals surface area (Å²) in [7, 11) is 0. The van der Waals surface area contributed by atoms with Gasteiger partial charge < -0.3 is 9.47 Å². The lowest BCUT2D eigenvalue weighted by Crippen LogP contribution is -2.48. The van der Waals surface area contributed by atoms with Crippen LogP contribution in [0.1, 0.15) is 80.1 Å². The van der Waals surface area contributed by atoms with E-state index < -0.39 is 0 Å². The third-order valence-electron chi connectivity index (χ3n) is 4.87. The van der Waals surface area contributed by atoms with Crippen molar-refractivity contribution >= 4 is 0 Å². The van der Waals surface area contributed by atoms with Crippen LogP contribution < -0.4 is 0 Å². The molecule has 0 aromatic carbocycles. The van der Waals surface area contributed by atoms with Gasteiger partial charge in [-0.3, -0.25) is 4.90 Å². The molecule has 2 fully saturated rings. The van der Waals surface area contributed by atoms with Crippen LogP contribution in [0, 0.1) is 0 Å². The number of likely N-dealkylation sites (tertiary alicyclic amines) is 1. The second-order valence-corrected chi connectivity index (χ2v) is 9.13. The van der Waals surface area contributed by atoms with Crippen LogP contribution >= 0.6 is 0 Å². The van der Waals surface area contributed by atoms with Gasteiger partial charge in [-0.25, -0.2) is 0 Å². The van der Waals surface area contributed by atoms with Crippen molar-refractivity contribution in [2.75, 3.05) is 13.1 Å². The molecule has 1 saturated carbocycles. The quantitative estimate of drug-likeness (QED) is 0.771. The number of hydrogen-bond donors (Lipinski definition) is 0. The highest BCUT2D eigenvalue weighted by atomic mass is 16.5. The van der Waals surface area contributed by atoms with E-state index in [1.165, 1.54) is 45.2 Å². The highest BCUT2D eigenvalue weighted by molar-refractivity contribution is 4.84. The van der Waals surface area contributed by atoms with Gasteiger partial charge in [-0.2, -0.15) is 0 Å². The maximum atomic E-state index is 6.43. The molecule has 2 rings (SSSR count). The smallest absolute Gasteiger partial charge is 0.0607 e. The van der Waals surface area contributed by atoms with Gasteiger partial charge >= 0.3 is 0 Å². The van der Waals surface area contributed by atoms with E-state index in [9.17, 15) is 0 Å². The van der Waals surface area contributed by atoms with Crippen molar-refractivity contribution in [3.63, 3.8) is 0 Å². The predicted molar refractivity (Wildman–Crippen MR) is 92.3 cm³/mol. The summed E-state index contributed by atoms with van der Waals surface area (Å²) in [6, 6.07) is 0. The molecule has 0 aromatic heterocycles. The van der Waals surface area contributed by atoms with Crippen molar-refractivity contribution < 1.29 is 9.47 Å². The lowest BCUT2D eigenvalue weighted by molar-refractivity contribution is -0.123. The van der Waals surface area contributed by atoms with Gasteiger partial charge in [-0.05, 0) is 80.1 Å². The third kappa shape index (κ3) is 5.82. The van der Waals surface area contributed by atoms with Gasteiger partial charge in [0, 0.05) is 18.6 Å². The fourth-order valence-corrected chi connectivity index (χ4v) is 3.77. The normalized spacial score (nSPS) is 29.7. The third-order valence-corrected chi connectivity index (χ3v) is 4.87. The first kappa shape index (κ1) is 18.2. The molecule has 22 heavy (non-hydrogen) atoms. The summed E-state index contributed by atoms with van der Waals surface area (Å²) in [6.07, 6.45) is 8.33. The van der Waals surface area contributed by atoms with E-state index in [0.717, 1.165) is 6.42 Å². The highest BCUT2D eigenvalue weighted by Gasteiger charge is 2.31. The fraction of sp³-hybridized carbons (Fsp3) is 1.00. The zero-order valence-electron chi connectivity index (χ0n) is 15.7. The first-order chi connectivity index (χ1) is 10.1. The van der Waals surface area contributed by atoms with Crippen molar-refractivity contribution in [1.82, 2.24) is 4.90 Å². The molecule has 0 bridgehead atoms. The van der Waals surface area contributed by atoms with E-state index in [0.29, 0.717) is 23.9 Å². The van der Waals surface area contributed by atoms with Crippen LogP contribution in [0.15, 0.2) is 0 Å². The minimum Gasteiger partial charge on any atom is -0.375 e. The van der Waals surface area contributed by atoms with E-state index in [-0.39, 0.29) is 5.60 Å². The fourth-order valence-electron chi connectivity index (χ4n) is 3.77. The molecule has 3 heteroatoms. The molecule has 1 saturated heterocycles. The van der Waals surface area contributed by atoms with Crippen LogP contribution in [0.2, 0.25) is 0 Å². The van der Waals surface area contributed by atoms with E-state index in [1.54, 1.807) is 0 Å². The number of nitrogens with zero attached hydrogens (tertiary/aromatic N) is 1. The molecule has 1 aliphatic heterocycles. The number of hydrogen-bond acceptors (Lipinski definition) is 3. The number of piperidine rings is 1. The molecule has 2 aliphatic rings. The molecule has 0 aromatic rings. The summed E-state index contributed by atoms with van der Waals surface area (Å²) in [5.74, 6) is 0. The zero-order chi connectivity index (χ0) is 16.4. The van der Waals surface area contributed by atoms with Crippen LogP contribution in [0.4, 0.5) is 0 Å². The minimum atomic E-state index is -0.0371. The van der Waals surface area contributed by atoms with Crippen LogP contribution in [0.3, 0.4) is 0 Å². The lowest BCUT2D eigenvalue weighted by atomic mass is 9.93. The summed E-state index contributed by atoms with van der Waals surface area (Å²) < 4.78 is 12.6. The van der Waals surface area contributed by atoms with Gasteiger partial charge in [0.05, 0.1) is 23.9 Å². The van der Waals surface area contributed by atoms with Crippen LogP contribution in [0.5, 0.6) is 0 Å². The summed E-state index contributed by atoms with van der Waals surface area (Å²) in [4.78, 5) is 2.58. The van der Waals surface area contributed by atoms with Crippen LogP contribution in [-0.4, -0.2) is 47.4 Å². The Morgan fingerprint density at radius 1 is 0.773 bits per heavy atom. The molecular weight excluding hydrogens is 274 g/mol. The van der Waals surface area contributed by atoms with Crippen LogP contribution in [0.25, 0.3) is 0 Å². The molecule has 1 heterocycles. The summed E-state index contributed by atoms with van der Waals surface area (Å²) >= 11 is 0. The first-order valence-corrected chi connectivity index (χ1v) is 9.22. The van der Waals surface area contributed by atoms with Crippen LogP contribution in [-0.2, 0) is 9.47 Å². The minimum absolute atomic E-state index is 0.0371. The van der Waals surface area contributed by atoms with Gasteiger partial charge in [-0.1, -0.05) is 0 Å². The Morgan fingerprint density at radius 2 is 1.36 bits per heavy atom. The highest BCUT2D eigenvalue weighted by Crippen LogP contribution is 2.30. The zero-order valence-corrected chi connectivity index (χ0v) is 15.7. The maximum absolute atomic E-state index is 6.43. The molecule has 3 nitrogen and oxygen atoms in total. The number of ether oxygens (including phenoxy) is 2. The standard InChI is InChI=1S/C19H37NO2/c1-18(2,3)20-12-10-15(11-13-20)21-16-8-7-9-17(14-16)22-19(4,5)6/h15-17H,7-14H2,1-6H3/t16-,17-/m0/s1. The monoisotopic (exact) mass is 311 g/mol. The van der Waals surface area contributed by atoms with E-state index in [2.05, 4.69) is 46.4 Å². The summed E-state index contributed by atoms with van der Waals surface area (Å²) in [5.41, 5.74) is 0.256. The van der Waals surface area contributed by atoms with Crippen molar-refractivity contribution in [2.45, 2.75) is 110 Å². The largest absolute Gasteiger partial charge is 0.375 e. The Morgan fingerprint density at radius 3 is 1.91 bits per heavy atom. The van der Waals surface area contributed by atoms with E-state index >= 15 is 0 Å². The van der Waals surface area contributed by atoms with Gasteiger partial charge in [0.1, 0.15) is 0 Å². The second kappa shape index (κ2) is 7.19. The Kier molecular flexibility index (Phi) is 5.95. The van der Waals surface area contributed by atoms with Gasteiger partial charge in [0.2, 0.25) is 0 Å². The Hall–Kier alpha value is -0.120. The van der Waals surface area contributed by atoms with E-state index in [4.69, 9.17) is 9.47 Å². The van der Waals surface area contributed by atoms with Crippen molar-refractivity contribution in [1.29, 1.82) is 0 Å². The predicted octanol–water partition coefficient (Wildman–Crippen LogP) is 4.39. The average molecular weight is 312 g/mol. The number of rotatable bonds is 3. The lowest BCUT2D eigenvalue weighted by Gasteiger charge is -2.42. The topological polar surface area (TPSA) is 21.7 Å². The first-order valence-electron chi connectivity index (χ1n) is 9.22. The van der Waals surface area contributed by atoms with Crippen molar-refractivity contribution in [2.24, 2.45) is 0 Å². The van der Waals surface area contributed by atoms with E-state index in [1.807, 2.05) is 0 Å². The molecule has 0 N–H and O–H groups in total. The maximum Gasteiger partial charge on any atom is 0.0607 e. The second-order valence-electron chi connectivity index (χ2n) is 9.13. The van der Waals surface area contributed by atoms with Gasteiger partial charge in [0.15, 0.2) is 0 Å². The SMILES string of the molecule is CC(C)(C)O[C@H]1CCC[C@H](OC2CCN(C(C)(C)C)CC2)C1. The van der Waals surface area contributed by atoms with Crippen molar-refractivity contribution in [3.8, 4) is 0 Å². The molecule has 130 valence electrons. The Bertz CT molecular complexity index is 334. The molecule has 0 spiro atoms. The summed E-state index contributed by atoms with van der Waals surface area (Å²) in [6.45, 7) is 15.7. The Labute approximate surface area is 137 Å². The average Bonchev–Trinajstić information content (AvgIpc) is 2.36. The van der Waals surface area contributed by atoms with Gasteiger partial charge in [-0.15, -0.1) is 0 Å². The molecule has 0 unspecified atom stereocenters. The van der Waals surface area contributed by atoms with Crippen molar-refractivity contribution in [3.05, 3.63) is 0 Å². The summed E-state index contributed by atoms with van der Waals surface area (Å²) in [5, 5.41) is 0. The molecule has 0 amide bonds. The molecule has 2 atom stereocenters. The molecule has 1 aliphatic carbocycles.